The van der Waals surface area contributed by atoms with E-state index in [0.717, 1.165) is 17.9 Å². The summed E-state index contributed by atoms with van der Waals surface area (Å²) in [6, 6.07) is 16.6. The van der Waals surface area contributed by atoms with Gasteiger partial charge < -0.3 is 9.47 Å². The van der Waals surface area contributed by atoms with Gasteiger partial charge in [-0.1, -0.05) is 42.5 Å². The molecule has 0 bridgehead atoms. The molecule has 0 aromatic heterocycles. The summed E-state index contributed by atoms with van der Waals surface area (Å²) in [5.74, 6) is 0.941. The fraction of sp³-hybridized carbons (Fsp3) is 0.250. The third kappa shape index (κ3) is 2.54. The van der Waals surface area contributed by atoms with E-state index < -0.39 is 0 Å². The van der Waals surface area contributed by atoms with E-state index in [-0.39, 0.29) is 6.10 Å². The molecule has 1 heterocycles. The first-order chi connectivity index (χ1) is 8.83. The molecule has 1 aliphatic rings. The number of hydrogen-bond acceptors (Lipinski definition) is 2. The lowest BCUT2D eigenvalue weighted by atomic mass is 10.0. The fourth-order valence-electron chi connectivity index (χ4n) is 1.95. The van der Waals surface area contributed by atoms with Crippen LogP contribution in [0.4, 0.5) is 0 Å². The van der Waals surface area contributed by atoms with E-state index in [4.69, 9.17) is 9.47 Å². The average Bonchev–Trinajstić information content (AvgIpc) is 3.21. The molecule has 0 amide bonds. The summed E-state index contributed by atoms with van der Waals surface area (Å²) in [5, 5.41) is 0. The maximum Gasteiger partial charge on any atom is 0.127 e. The topological polar surface area (TPSA) is 21.8 Å². The van der Waals surface area contributed by atoms with Crippen LogP contribution in [0.5, 0.6) is 5.75 Å². The second-order valence-corrected chi connectivity index (χ2v) is 4.63. The molecule has 2 aromatic carbocycles. The van der Waals surface area contributed by atoms with Crippen LogP contribution in [0.25, 0.3) is 11.1 Å². The minimum atomic E-state index is 0.286. The number of benzene rings is 2. The molecular weight excluding hydrogens is 224 g/mol. The zero-order valence-electron chi connectivity index (χ0n) is 10.4. The molecule has 92 valence electrons. The van der Waals surface area contributed by atoms with Crippen molar-refractivity contribution in [2.24, 2.45) is 0 Å². The quantitative estimate of drug-likeness (QED) is 0.764. The van der Waals surface area contributed by atoms with Crippen molar-refractivity contribution in [1.82, 2.24) is 0 Å². The Morgan fingerprint density at radius 3 is 2.67 bits per heavy atom. The van der Waals surface area contributed by atoms with Gasteiger partial charge in [-0.2, -0.15) is 0 Å². The van der Waals surface area contributed by atoms with Crippen molar-refractivity contribution in [2.45, 2.75) is 13.0 Å². The zero-order chi connectivity index (χ0) is 12.4. The molecule has 0 radical (unpaired) electrons. The van der Waals surface area contributed by atoms with Crippen LogP contribution in [0.1, 0.15) is 5.56 Å². The Balaban J connectivity index is 1.91. The van der Waals surface area contributed by atoms with Gasteiger partial charge in [0.25, 0.3) is 0 Å². The van der Waals surface area contributed by atoms with Crippen molar-refractivity contribution < 1.29 is 9.47 Å². The summed E-state index contributed by atoms with van der Waals surface area (Å²) in [6.45, 7) is 3.55. The van der Waals surface area contributed by atoms with Gasteiger partial charge in [-0.15, -0.1) is 0 Å². The fourth-order valence-corrected chi connectivity index (χ4v) is 1.95. The standard InChI is InChI=1S/C16H16O2/c1-12-7-8-15(13-5-3-2-4-6-13)16(9-12)18-11-14-10-17-14/h2-9,14H,10-11H2,1H3. The first kappa shape index (κ1) is 11.3. The summed E-state index contributed by atoms with van der Waals surface area (Å²) in [6.07, 6.45) is 0.286. The van der Waals surface area contributed by atoms with E-state index >= 15 is 0 Å². The van der Waals surface area contributed by atoms with E-state index in [1.807, 2.05) is 18.2 Å². The maximum absolute atomic E-state index is 5.87. The normalized spacial score (nSPS) is 17.5. The molecule has 2 nitrogen and oxygen atoms in total. The van der Waals surface area contributed by atoms with Crippen LogP contribution in [-0.2, 0) is 4.74 Å². The lowest BCUT2D eigenvalue weighted by Gasteiger charge is -2.12. The van der Waals surface area contributed by atoms with E-state index in [9.17, 15) is 0 Å². The zero-order valence-corrected chi connectivity index (χ0v) is 10.4. The Bertz CT molecular complexity index is 530. The lowest BCUT2D eigenvalue weighted by Crippen LogP contribution is -2.05. The minimum Gasteiger partial charge on any atom is -0.490 e. The Labute approximate surface area is 107 Å². The molecule has 1 atom stereocenters. The SMILES string of the molecule is Cc1ccc(-c2ccccc2)c(OCC2CO2)c1. The second-order valence-electron chi connectivity index (χ2n) is 4.63. The Kier molecular flexibility index (Phi) is 3.03. The molecule has 1 unspecified atom stereocenters. The number of epoxide rings is 1. The summed E-state index contributed by atoms with van der Waals surface area (Å²) in [7, 11) is 0. The highest BCUT2D eigenvalue weighted by Gasteiger charge is 2.23. The summed E-state index contributed by atoms with van der Waals surface area (Å²) >= 11 is 0. The summed E-state index contributed by atoms with van der Waals surface area (Å²) in [5.41, 5.74) is 3.53. The van der Waals surface area contributed by atoms with Crippen molar-refractivity contribution >= 4 is 0 Å². The molecule has 1 fully saturated rings. The molecule has 18 heavy (non-hydrogen) atoms. The van der Waals surface area contributed by atoms with Crippen LogP contribution in [0.15, 0.2) is 48.5 Å². The van der Waals surface area contributed by atoms with Gasteiger partial charge in [0.15, 0.2) is 0 Å². The van der Waals surface area contributed by atoms with Crippen molar-refractivity contribution in [2.75, 3.05) is 13.2 Å². The van der Waals surface area contributed by atoms with Crippen LogP contribution < -0.4 is 4.74 Å². The lowest BCUT2D eigenvalue weighted by molar-refractivity contribution is 0.264. The predicted molar refractivity (Wildman–Crippen MR) is 71.9 cm³/mol. The smallest absolute Gasteiger partial charge is 0.127 e. The van der Waals surface area contributed by atoms with Gasteiger partial charge in [-0.25, -0.2) is 0 Å². The van der Waals surface area contributed by atoms with Crippen LogP contribution >= 0.6 is 0 Å². The van der Waals surface area contributed by atoms with Crippen LogP contribution in [0.2, 0.25) is 0 Å². The van der Waals surface area contributed by atoms with Gasteiger partial charge in [0.2, 0.25) is 0 Å². The number of rotatable bonds is 4. The predicted octanol–water partition coefficient (Wildman–Crippen LogP) is 3.44. The van der Waals surface area contributed by atoms with Crippen molar-refractivity contribution in [1.29, 1.82) is 0 Å². The van der Waals surface area contributed by atoms with Crippen LogP contribution in [-0.4, -0.2) is 19.3 Å². The van der Waals surface area contributed by atoms with Gasteiger partial charge in [0.05, 0.1) is 6.61 Å². The van der Waals surface area contributed by atoms with E-state index in [1.54, 1.807) is 0 Å². The molecule has 0 aliphatic carbocycles. The minimum absolute atomic E-state index is 0.286. The monoisotopic (exact) mass is 240 g/mol. The molecule has 1 aliphatic heterocycles. The van der Waals surface area contributed by atoms with Gasteiger partial charge >= 0.3 is 0 Å². The Hall–Kier alpha value is -1.80. The second kappa shape index (κ2) is 4.83. The van der Waals surface area contributed by atoms with Gasteiger partial charge in [0, 0.05) is 5.56 Å². The molecule has 3 rings (SSSR count). The first-order valence-electron chi connectivity index (χ1n) is 6.23. The Morgan fingerprint density at radius 1 is 1.17 bits per heavy atom. The van der Waals surface area contributed by atoms with Crippen LogP contribution in [0.3, 0.4) is 0 Å². The number of ether oxygens (including phenoxy) is 2. The highest BCUT2D eigenvalue weighted by Crippen LogP contribution is 2.31. The van der Waals surface area contributed by atoms with Gasteiger partial charge in [-0.05, 0) is 24.1 Å². The van der Waals surface area contributed by atoms with Crippen LogP contribution in [0, 0.1) is 6.92 Å². The van der Waals surface area contributed by atoms with Gasteiger partial charge in [0.1, 0.15) is 18.5 Å². The molecule has 2 aromatic rings. The average molecular weight is 240 g/mol. The first-order valence-corrected chi connectivity index (χ1v) is 6.23. The highest BCUT2D eigenvalue weighted by atomic mass is 16.6. The summed E-state index contributed by atoms with van der Waals surface area (Å²) < 4.78 is 11.1. The molecule has 0 spiro atoms. The van der Waals surface area contributed by atoms with Crippen molar-refractivity contribution in [3.8, 4) is 16.9 Å². The third-order valence-corrected chi connectivity index (χ3v) is 3.05. The van der Waals surface area contributed by atoms with Gasteiger partial charge in [-0.3, -0.25) is 0 Å². The van der Waals surface area contributed by atoms with E-state index in [0.29, 0.717) is 6.61 Å². The van der Waals surface area contributed by atoms with Crippen molar-refractivity contribution in [3.63, 3.8) is 0 Å². The molecule has 0 N–H and O–H groups in total. The van der Waals surface area contributed by atoms with Crippen molar-refractivity contribution in [3.05, 3.63) is 54.1 Å². The molecule has 0 saturated carbocycles. The molecular formula is C16H16O2. The molecule has 1 saturated heterocycles. The maximum atomic E-state index is 5.87. The van der Waals surface area contributed by atoms with E-state index in [1.165, 1.54) is 11.1 Å². The largest absolute Gasteiger partial charge is 0.490 e. The summed E-state index contributed by atoms with van der Waals surface area (Å²) in [4.78, 5) is 0. The highest BCUT2D eigenvalue weighted by molar-refractivity contribution is 5.70. The number of aryl methyl sites for hydroxylation is 1. The third-order valence-electron chi connectivity index (χ3n) is 3.05. The molecule has 2 heteroatoms. The Morgan fingerprint density at radius 2 is 1.94 bits per heavy atom. The van der Waals surface area contributed by atoms with E-state index in [2.05, 4.69) is 37.3 Å². The number of hydrogen-bond donors (Lipinski definition) is 0.